The second-order valence-electron chi connectivity index (χ2n) is 6.50. The predicted octanol–water partition coefficient (Wildman–Crippen LogP) is 4.93. The molecular formula is C19H18F6N2O. The molecule has 0 atom stereocenters. The SMILES string of the molecule is FC(F)(F)Oc1ccc(CN2CCN(c3cccc(C(F)(F)F)c3)CC2)cc1. The van der Waals surface area contributed by atoms with Crippen molar-refractivity contribution in [1.82, 2.24) is 4.90 Å². The highest BCUT2D eigenvalue weighted by Crippen LogP contribution is 2.32. The second kappa shape index (κ2) is 7.90. The number of hydrogen-bond donors (Lipinski definition) is 0. The summed E-state index contributed by atoms with van der Waals surface area (Å²) in [5.74, 6) is -0.273. The van der Waals surface area contributed by atoms with Crippen LogP contribution >= 0.6 is 0 Å². The number of rotatable bonds is 4. The van der Waals surface area contributed by atoms with E-state index in [1.54, 1.807) is 18.2 Å². The Bertz CT molecular complexity index is 780. The molecule has 0 spiro atoms. The third kappa shape index (κ3) is 5.54. The molecule has 152 valence electrons. The number of nitrogens with zero attached hydrogens (tertiary/aromatic N) is 2. The van der Waals surface area contributed by atoms with Gasteiger partial charge in [0.25, 0.3) is 0 Å². The van der Waals surface area contributed by atoms with Gasteiger partial charge in [-0.1, -0.05) is 18.2 Å². The minimum absolute atomic E-state index is 0.273. The van der Waals surface area contributed by atoms with E-state index in [0.29, 0.717) is 38.4 Å². The molecule has 2 aromatic rings. The fourth-order valence-electron chi connectivity index (χ4n) is 3.10. The Kier molecular flexibility index (Phi) is 5.74. The van der Waals surface area contributed by atoms with Gasteiger partial charge in [0, 0.05) is 38.4 Å². The average Bonchev–Trinajstić information content (AvgIpc) is 2.62. The average molecular weight is 404 g/mol. The molecule has 1 heterocycles. The first-order valence-electron chi connectivity index (χ1n) is 8.59. The quantitative estimate of drug-likeness (QED) is 0.673. The van der Waals surface area contributed by atoms with Crippen LogP contribution < -0.4 is 9.64 Å². The molecule has 0 aromatic heterocycles. The Labute approximate surface area is 158 Å². The number of ether oxygens (including phenoxy) is 1. The van der Waals surface area contributed by atoms with Gasteiger partial charge in [0.15, 0.2) is 0 Å². The van der Waals surface area contributed by atoms with Crippen LogP contribution in [0.25, 0.3) is 0 Å². The Morgan fingerprint density at radius 2 is 1.46 bits per heavy atom. The fraction of sp³-hybridized carbons (Fsp3) is 0.368. The van der Waals surface area contributed by atoms with Gasteiger partial charge in [-0.2, -0.15) is 13.2 Å². The van der Waals surface area contributed by atoms with Gasteiger partial charge in [-0.25, -0.2) is 0 Å². The van der Waals surface area contributed by atoms with E-state index in [1.165, 1.54) is 18.2 Å². The molecule has 3 nitrogen and oxygen atoms in total. The lowest BCUT2D eigenvalue weighted by molar-refractivity contribution is -0.274. The van der Waals surface area contributed by atoms with E-state index in [4.69, 9.17) is 0 Å². The molecule has 2 aromatic carbocycles. The van der Waals surface area contributed by atoms with Crippen molar-refractivity contribution < 1.29 is 31.1 Å². The number of anilines is 1. The molecule has 0 amide bonds. The van der Waals surface area contributed by atoms with Crippen LogP contribution in [0.5, 0.6) is 5.75 Å². The van der Waals surface area contributed by atoms with Gasteiger partial charge < -0.3 is 9.64 Å². The molecular weight excluding hydrogens is 386 g/mol. The smallest absolute Gasteiger partial charge is 0.406 e. The molecule has 1 saturated heterocycles. The summed E-state index contributed by atoms with van der Waals surface area (Å²) in [6, 6.07) is 10.9. The van der Waals surface area contributed by atoms with Crippen molar-refractivity contribution in [3.63, 3.8) is 0 Å². The van der Waals surface area contributed by atoms with Gasteiger partial charge in [0.1, 0.15) is 5.75 Å². The summed E-state index contributed by atoms with van der Waals surface area (Å²) in [6.45, 7) is 2.95. The molecule has 0 bridgehead atoms. The standard InChI is InChI=1S/C19H18F6N2O/c20-18(21,22)15-2-1-3-16(12-15)27-10-8-26(9-11-27)13-14-4-6-17(7-5-14)28-19(23,24)25/h1-7,12H,8-11,13H2. The molecule has 0 radical (unpaired) electrons. The van der Waals surface area contributed by atoms with Gasteiger partial charge in [0.2, 0.25) is 0 Å². The lowest BCUT2D eigenvalue weighted by Gasteiger charge is -2.36. The largest absolute Gasteiger partial charge is 0.573 e. The van der Waals surface area contributed by atoms with Crippen molar-refractivity contribution in [1.29, 1.82) is 0 Å². The molecule has 0 saturated carbocycles. The summed E-state index contributed by atoms with van der Waals surface area (Å²) in [5, 5.41) is 0. The Balaban J connectivity index is 1.54. The Morgan fingerprint density at radius 3 is 2.04 bits per heavy atom. The lowest BCUT2D eigenvalue weighted by atomic mass is 10.1. The summed E-state index contributed by atoms with van der Waals surface area (Å²) < 4.78 is 79.0. The van der Waals surface area contributed by atoms with E-state index >= 15 is 0 Å². The highest BCUT2D eigenvalue weighted by molar-refractivity contribution is 5.49. The fourth-order valence-corrected chi connectivity index (χ4v) is 3.10. The summed E-state index contributed by atoms with van der Waals surface area (Å²) >= 11 is 0. The van der Waals surface area contributed by atoms with Crippen molar-refractivity contribution >= 4 is 5.69 Å². The zero-order valence-corrected chi connectivity index (χ0v) is 14.7. The van der Waals surface area contributed by atoms with Gasteiger partial charge >= 0.3 is 12.5 Å². The monoisotopic (exact) mass is 404 g/mol. The normalized spacial score (nSPS) is 16.3. The van der Waals surface area contributed by atoms with Crippen LogP contribution in [0.15, 0.2) is 48.5 Å². The van der Waals surface area contributed by atoms with Gasteiger partial charge in [-0.05, 0) is 35.9 Å². The highest BCUT2D eigenvalue weighted by atomic mass is 19.4. The lowest BCUT2D eigenvalue weighted by Crippen LogP contribution is -2.46. The second-order valence-corrected chi connectivity index (χ2v) is 6.50. The molecule has 28 heavy (non-hydrogen) atoms. The van der Waals surface area contributed by atoms with Crippen LogP contribution in [0.4, 0.5) is 32.0 Å². The molecule has 3 rings (SSSR count). The molecule has 9 heteroatoms. The summed E-state index contributed by atoms with van der Waals surface area (Å²) in [6.07, 6.45) is -9.10. The molecule has 1 aliphatic heterocycles. The van der Waals surface area contributed by atoms with Gasteiger partial charge in [-0.15, -0.1) is 13.2 Å². The van der Waals surface area contributed by atoms with Gasteiger partial charge in [-0.3, -0.25) is 4.90 Å². The van der Waals surface area contributed by atoms with Crippen molar-refractivity contribution in [2.45, 2.75) is 19.1 Å². The summed E-state index contributed by atoms with van der Waals surface area (Å²) in [7, 11) is 0. The molecule has 0 N–H and O–H groups in total. The van der Waals surface area contributed by atoms with Crippen LogP contribution in [0.2, 0.25) is 0 Å². The van der Waals surface area contributed by atoms with Crippen LogP contribution in [0.1, 0.15) is 11.1 Å². The van der Waals surface area contributed by atoms with Crippen LogP contribution in [-0.2, 0) is 12.7 Å². The minimum Gasteiger partial charge on any atom is -0.406 e. The third-order valence-corrected chi connectivity index (χ3v) is 4.47. The molecule has 1 fully saturated rings. The van der Waals surface area contributed by atoms with Crippen LogP contribution in [-0.4, -0.2) is 37.4 Å². The van der Waals surface area contributed by atoms with E-state index < -0.39 is 18.1 Å². The molecule has 0 aliphatic carbocycles. The first kappa shape index (κ1) is 20.3. The Morgan fingerprint density at radius 1 is 0.821 bits per heavy atom. The minimum atomic E-state index is -4.72. The number of alkyl halides is 6. The van der Waals surface area contributed by atoms with E-state index in [-0.39, 0.29) is 5.75 Å². The highest BCUT2D eigenvalue weighted by Gasteiger charge is 2.32. The van der Waals surface area contributed by atoms with Crippen molar-refractivity contribution in [3.8, 4) is 5.75 Å². The third-order valence-electron chi connectivity index (χ3n) is 4.47. The molecule has 0 unspecified atom stereocenters. The van der Waals surface area contributed by atoms with Crippen molar-refractivity contribution in [2.24, 2.45) is 0 Å². The van der Waals surface area contributed by atoms with Crippen molar-refractivity contribution in [2.75, 3.05) is 31.1 Å². The first-order chi connectivity index (χ1) is 13.1. The van der Waals surface area contributed by atoms with Gasteiger partial charge in [0.05, 0.1) is 5.56 Å². The summed E-state index contributed by atoms with van der Waals surface area (Å²) in [4.78, 5) is 4.00. The zero-order valence-electron chi connectivity index (χ0n) is 14.7. The maximum atomic E-state index is 12.9. The van der Waals surface area contributed by atoms with E-state index in [2.05, 4.69) is 9.64 Å². The van der Waals surface area contributed by atoms with Crippen LogP contribution in [0.3, 0.4) is 0 Å². The number of hydrogen-bond acceptors (Lipinski definition) is 3. The zero-order chi connectivity index (χ0) is 20.4. The number of piperazine rings is 1. The topological polar surface area (TPSA) is 15.7 Å². The van der Waals surface area contributed by atoms with E-state index in [0.717, 1.165) is 17.7 Å². The summed E-state index contributed by atoms with van der Waals surface area (Å²) in [5.41, 5.74) is 0.693. The Hall–Kier alpha value is -2.42. The maximum Gasteiger partial charge on any atom is 0.573 e. The van der Waals surface area contributed by atoms with Crippen LogP contribution in [0, 0.1) is 0 Å². The molecule has 1 aliphatic rings. The maximum absolute atomic E-state index is 12.9. The number of halogens is 6. The van der Waals surface area contributed by atoms with Crippen molar-refractivity contribution in [3.05, 3.63) is 59.7 Å². The van der Waals surface area contributed by atoms with E-state index in [1.807, 2.05) is 4.90 Å². The first-order valence-corrected chi connectivity index (χ1v) is 8.59. The predicted molar refractivity (Wildman–Crippen MR) is 92.1 cm³/mol. The number of benzene rings is 2. The van der Waals surface area contributed by atoms with E-state index in [9.17, 15) is 26.3 Å².